The molecule has 3 rings (SSSR count). The Labute approximate surface area is 132 Å². The van der Waals surface area contributed by atoms with Crippen LogP contribution in [-0.4, -0.2) is 16.5 Å². The number of amides is 1. The highest BCUT2D eigenvalue weighted by molar-refractivity contribution is 5.99. The van der Waals surface area contributed by atoms with E-state index in [9.17, 15) is 4.79 Å². The quantitative estimate of drug-likeness (QED) is 0.889. The second kappa shape index (κ2) is 5.79. The van der Waals surface area contributed by atoms with Crippen LogP contribution >= 0.6 is 0 Å². The molecule has 2 aromatic rings. The van der Waals surface area contributed by atoms with Crippen molar-refractivity contribution in [1.82, 2.24) is 9.88 Å². The van der Waals surface area contributed by atoms with Crippen LogP contribution in [0.1, 0.15) is 54.2 Å². The first-order valence-electron chi connectivity index (χ1n) is 8.35. The van der Waals surface area contributed by atoms with Gasteiger partial charge in [0.25, 0.3) is 5.91 Å². The van der Waals surface area contributed by atoms with E-state index in [1.165, 1.54) is 35.8 Å². The van der Waals surface area contributed by atoms with E-state index < -0.39 is 0 Å². The maximum atomic E-state index is 12.7. The number of nitrogens with zero attached hydrogens (tertiary/aromatic N) is 1. The SMILES string of the molecule is Cc1cc(C)c2cc(C(=O)N[C@@H]3CCCC[C@@H]3C)n(C)c2c1. The summed E-state index contributed by atoms with van der Waals surface area (Å²) in [5, 5.41) is 4.44. The first-order valence-corrected chi connectivity index (χ1v) is 8.35. The van der Waals surface area contributed by atoms with E-state index >= 15 is 0 Å². The number of fused-ring (bicyclic) bond motifs is 1. The molecule has 1 fully saturated rings. The number of hydrogen-bond acceptors (Lipinski definition) is 1. The second-order valence-electron chi connectivity index (χ2n) is 6.94. The summed E-state index contributed by atoms with van der Waals surface area (Å²) in [5.41, 5.74) is 4.37. The molecule has 118 valence electrons. The second-order valence-corrected chi connectivity index (χ2v) is 6.94. The topological polar surface area (TPSA) is 34.0 Å². The number of benzene rings is 1. The van der Waals surface area contributed by atoms with E-state index in [2.05, 4.69) is 38.2 Å². The summed E-state index contributed by atoms with van der Waals surface area (Å²) in [6.07, 6.45) is 4.84. The van der Waals surface area contributed by atoms with E-state index in [0.717, 1.165) is 17.6 Å². The van der Waals surface area contributed by atoms with Gasteiger partial charge in [0, 0.05) is 24.0 Å². The molecule has 0 radical (unpaired) electrons. The Bertz CT molecular complexity index is 714. The molecular formula is C19H26N2O. The Morgan fingerprint density at radius 2 is 1.91 bits per heavy atom. The number of hydrogen-bond donors (Lipinski definition) is 1. The van der Waals surface area contributed by atoms with E-state index in [1.54, 1.807) is 0 Å². The minimum Gasteiger partial charge on any atom is -0.348 e. The van der Waals surface area contributed by atoms with Gasteiger partial charge in [-0.25, -0.2) is 0 Å². The summed E-state index contributed by atoms with van der Waals surface area (Å²) in [7, 11) is 1.99. The lowest BCUT2D eigenvalue weighted by atomic mass is 9.86. The van der Waals surface area contributed by atoms with Gasteiger partial charge in [0.15, 0.2) is 0 Å². The molecule has 0 spiro atoms. The van der Waals surface area contributed by atoms with Gasteiger partial charge in [0.1, 0.15) is 5.69 Å². The van der Waals surface area contributed by atoms with Crippen LogP contribution in [0.15, 0.2) is 18.2 Å². The Balaban J connectivity index is 1.91. The lowest BCUT2D eigenvalue weighted by molar-refractivity contribution is 0.0902. The molecule has 1 aliphatic carbocycles. The average molecular weight is 298 g/mol. The number of aromatic nitrogens is 1. The van der Waals surface area contributed by atoms with Crippen molar-refractivity contribution in [3.8, 4) is 0 Å². The summed E-state index contributed by atoms with van der Waals surface area (Å²) >= 11 is 0. The van der Waals surface area contributed by atoms with Crippen LogP contribution < -0.4 is 5.32 Å². The molecular weight excluding hydrogens is 272 g/mol. The molecule has 3 nitrogen and oxygen atoms in total. The molecule has 1 aliphatic rings. The molecule has 0 bridgehead atoms. The van der Waals surface area contributed by atoms with E-state index in [1.807, 2.05) is 17.7 Å². The van der Waals surface area contributed by atoms with Gasteiger partial charge < -0.3 is 9.88 Å². The molecule has 1 aromatic carbocycles. The molecule has 2 atom stereocenters. The van der Waals surface area contributed by atoms with E-state index in [4.69, 9.17) is 0 Å². The highest BCUT2D eigenvalue weighted by Gasteiger charge is 2.24. The first-order chi connectivity index (χ1) is 10.5. The maximum absolute atomic E-state index is 12.7. The van der Waals surface area contributed by atoms with Crippen molar-refractivity contribution in [2.45, 2.75) is 52.5 Å². The van der Waals surface area contributed by atoms with Gasteiger partial charge in [-0.15, -0.1) is 0 Å². The largest absolute Gasteiger partial charge is 0.348 e. The van der Waals surface area contributed by atoms with Crippen LogP contribution in [-0.2, 0) is 7.05 Å². The standard InChI is InChI=1S/C19H26N2O/c1-12-9-14(3)15-11-18(21(4)17(15)10-12)19(22)20-16-8-6-5-7-13(16)2/h9-11,13,16H,5-8H2,1-4H3,(H,20,22)/t13-,16+/m0/s1. The minimum atomic E-state index is 0.0644. The minimum absolute atomic E-state index is 0.0644. The van der Waals surface area contributed by atoms with Crippen molar-refractivity contribution in [2.24, 2.45) is 13.0 Å². The Morgan fingerprint density at radius 3 is 2.64 bits per heavy atom. The predicted octanol–water partition coefficient (Wildman–Crippen LogP) is 4.10. The van der Waals surface area contributed by atoms with Crippen LogP contribution in [0.2, 0.25) is 0 Å². The fourth-order valence-electron chi connectivity index (χ4n) is 3.78. The predicted molar refractivity (Wildman–Crippen MR) is 91.3 cm³/mol. The summed E-state index contributed by atoms with van der Waals surface area (Å²) in [5.74, 6) is 0.644. The number of aryl methyl sites for hydroxylation is 3. The number of carbonyl (C=O) groups excluding carboxylic acids is 1. The highest BCUT2D eigenvalue weighted by atomic mass is 16.2. The summed E-state index contributed by atoms with van der Waals surface area (Å²) < 4.78 is 2.03. The number of nitrogens with one attached hydrogen (secondary N) is 1. The maximum Gasteiger partial charge on any atom is 0.268 e. The normalized spacial score (nSPS) is 22.0. The Morgan fingerprint density at radius 1 is 1.18 bits per heavy atom. The highest BCUT2D eigenvalue weighted by Crippen LogP contribution is 2.26. The van der Waals surface area contributed by atoms with Gasteiger partial charge in [-0.05, 0) is 55.9 Å². The van der Waals surface area contributed by atoms with Gasteiger partial charge in [-0.3, -0.25) is 4.79 Å². The molecule has 1 amide bonds. The number of carbonyl (C=O) groups is 1. The third-order valence-electron chi connectivity index (χ3n) is 5.17. The summed E-state index contributed by atoms with van der Waals surface area (Å²) in [4.78, 5) is 12.7. The molecule has 1 saturated carbocycles. The Kier molecular flexibility index (Phi) is 3.98. The zero-order valence-electron chi connectivity index (χ0n) is 14.1. The van der Waals surface area contributed by atoms with Crippen molar-refractivity contribution < 1.29 is 4.79 Å². The van der Waals surface area contributed by atoms with Gasteiger partial charge in [-0.1, -0.05) is 25.8 Å². The van der Waals surface area contributed by atoms with E-state index in [-0.39, 0.29) is 5.91 Å². The van der Waals surface area contributed by atoms with Gasteiger partial charge in [0.05, 0.1) is 0 Å². The van der Waals surface area contributed by atoms with Crippen molar-refractivity contribution in [3.63, 3.8) is 0 Å². The molecule has 1 heterocycles. The van der Waals surface area contributed by atoms with Crippen LogP contribution in [0.25, 0.3) is 10.9 Å². The summed E-state index contributed by atoms with van der Waals surface area (Å²) in [6.45, 7) is 6.46. The third kappa shape index (κ3) is 2.65. The van der Waals surface area contributed by atoms with E-state index in [0.29, 0.717) is 12.0 Å². The van der Waals surface area contributed by atoms with Gasteiger partial charge in [-0.2, -0.15) is 0 Å². The van der Waals surface area contributed by atoms with Crippen LogP contribution in [0.4, 0.5) is 0 Å². The molecule has 0 saturated heterocycles. The molecule has 3 heteroatoms. The molecule has 1 N–H and O–H groups in total. The number of rotatable bonds is 2. The third-order valence-corrected chi connectivity index (χ3v) is 5.17. The first kappa shape index (κ1) is 15.1. The average Bonchev–Trinajstić information content (AvgIpc) is 2.79. The lowest BCUT2D eigenvalue weighted by Crippen LogP contribution is -2.41. The monoisotopic (exact) mass is 298 g/mol. The molecule has 0 unspecified atom stereocenters. The van der Waals surface area contributed by atoms with Crippen molar-refractivity contribution in [2.75, 3.05) is 0 Å². The van der Waals surface area contributed by atoms with Crippen LogP contribution in [0.5, 0.6) is 0 Å². The molecule has 22 heavy (non-hydrogen) atoms. The molecule has 0 aliphatic heterocycles. The van der Waals surface area contributed by atoms with Crippen LogP contribution in [0, 0.1) is 19.8 Å². The smallest absolute Gasteiger partial charge is 0.268 e. The molecule has 1 aromatic heterocycles. The van der Waals surface area contributed by atoms with Crippen molar-refractivity contribution in [1.29, 1.82) is 0 Å². The van der Waals surface area contributed by atoms with Crippen molar-refractivity contribution in [3.05, 3.63) is 35.0 Å². The fourth-order valence-corrected chi connectivity index (χ4v) is 3.78. The fraction of sp³-hybridized carbons (Fsp3) is 0.526. The zero-order chi connectivity index (χ0) is 15.9. The zero-order valence-corrected chi connectivity index (χ0v) is 14.1. The Hall–Kier alpha value is -1.77. The van der Waals surface area contributed by atoms with Gasteiger partial charge >= 0.3 is 0 Å². The lowest BCUT2D eigenvalue weighted by Gasteiger charge is -2.29. The van der Waals surface area contributed by atoms with Gasteiger partial charge in [0.2, 0.25) is 0 Å². The summed E-state index contributed by atoms with van der Waals surface area (Å²) in [6, 6.07) is 6.68. The van der Waals surface area contributed by atoms with Crippen LogP contribution in [0.3, 0.4) is 0 Å². The van der Waals surface area contributed by atoms with Crippen molar-refractivity contribution >= 4 is 16.8 Å².